The van der Waals surface area contributed by atoms with E-state index in [-0.39, 0.29) is 11.9 Å². The van der Waals surface area contributed by atoms with Crippen molar-refractivity contribution >= 4 is 11.9 Å². The molecule has 0 spiro atoms. The van der Waals surface area contributed by atoms with Gasteiger partial charge in [0.25, 0.3) is 0 Å². The maximum Gasteiger partial charge on any atom is 0.311 e. The lowest BCUT2D eigenvalue weighted by Crippen LogP contribution is -2.10. The highest BCUT2D eigenvalue weighted by molar-refractivity contribution is 5.74. The van der Waals surface area contributed by atoms with Crippen LogP contribution < -0.4 is 9.47 Å². The molecule has 0 bridgehead atoms. The minimum absolute atomic E-state index is 0.195. The first-order chi connectivity index (χ1) is 30.1. The Labute approximate surface area is 383 Å². The summed E-state index contributed by atoms with van der Waals surface area (Å²) in [5.74, 6) is 0.683. The molecule has 4 nitrogen and oxygen atoms in total. The van der Waals surface area contributed by atoms with Crippen LogP contribution in [0.5, 0.6) is 11.5 Å². The largest absolute Gasteiger partial charge is 0.427 e. The van der Waals surface area contributed by atoms with Crippen molar-refractivity contribution in [1.82, 2.24) is 0 Å². The fourth-order valence-corrected chi connectivity index (χ4v) is 7.48. The number of carbonyl (C=O) groups excluding carboxylic acids is 2. The molecule has 0 aliphatic rings. The minimum Gasteiger partial charge on any atom is -0.427 e. The maximum atomic E-state index is 13.0. The van der Waals surface area contributed by atoms with E-state index in [1.807, 2.05) is 6.07 Å². The Bertz CT molecular complexity index is 1480. The number of rotatable bonds is 39. The highest BCUT2D eigenvalue weighted by Crippen LogP contribution is 2.27. The molecule has 0 aliphatic carbocycles. The van der Waals surface area contributed by atoms with Crippen molar-refractivity contribution < 1.29 is 19.1 Å². The molecule has 0 unspecified atom stereocenters. The molecule has 0 aliphatic heterocycles. The van der Waals surface area contributed by atoms with E-state index in [4.69, 9.17) is 9.47 Å². The van der Waals surface area contributed by atoms with Crippen LogP contribution in [0.3, 0.4) is 0 Å². The Morgan fingerprint density at radius 1 is 0.435 bits per heavy atom. The third-order valence-electron chi connectivity index (χ3n) is 11.6. The van der Waals surface area contributed by atoms with Gasteiger partial charge in [0.1, 0.15) is 11.5 Å². The summed E-state index contributed by atoms with van der Waals surface area (Å²) in [5.41, 5.74) is 6.47. The molecule has 0 amide bonds. The number of esters is 2. The number of hydrogen-bond donors (Lipinski definition) is 0. The highest BCUT2D eigenvalue weighted by atomic mass is 16.5. The first kappa shape index (κ1) is 56.6. The second-order valence-corrected chi connectivity index (χ2v) is 18.2. The molecule has 1 rings (SSSR count). The van der Waals surface area contributed by atoms with E-state index >= 15 is 0 Å². The lowest BCUT2D eigenvalue weighted by atomic mass is 10.0. The van der Waals surface area contributed by atoms with Crippen molar-refractivity contribution in [1.29, 1.82) is 0 Å². The van der Waals surface area contributed by atoms with Crippen LogP contribution in [-0.4, -0.2) is 11.9 Å². The molecule has 62 heavy (non-hydrogen) atoms. The van der Waals surface area contributed by atoms with Crippen molar-refractivity contribution in [3.63, 3.8) is 0 Å². The Balaban J connectivity index is 2.68. The van der Waals surface area contributed by atoms with Crippen LogP contribution in [0.4, 0.5) is 0 Å². The molecular formula is C58H94O4. The van der Waals surface area contributed by atoms with Gasteiger partial charge in [0.2, 0.25) is 0 Å². The predicted molar refractivity (Wildman–Crippen MR) is 270 cm³/mol. The fourth-order valence-electron chi connectivity index (χ4n) is 7.48. The summed E-state index contributed by atoms with van der Waals surface area (Å²) >= 11 is 0. The van der Waals surface area contributed by atoms with Gasteiger partial charge in [0.05, 0.1) is 0 Å². The van der Waals surface area contributed by atoms with Gasteiger partial charge < -0.3 is 9.47 Å². The van der Waals surface area contributed by atoms with Crippen LogP contribution in [0.25, 0.3) is 0 Å². The van der Waals surface area contributed by atoms with E-state index in [0.29, 0.717) is 30.8 Å². The van der Waals surface area contributed by atoms with Crippen molar-refractivity contribution in [3.05, 3.63) is 94.7 Å². The van der Waals surface area contributed by atoms with Gasteiger partial charge in [-0.3, -0.25) is 9.59 Å². The summed E-state index contributed by atoms with van der Waals surface area (Å²) in [6.45, 7) is 15.5. The van der Waals surface area contributed by atoms with Gasteiger partial charge in [0.15, 0.2) is 0 Å². The lowest BCUT2D eigenvalue weighted by molar-refractivity contribution is -0.135. The van der Waals surface area contributed by atoms with Gasteiger partial charge >= 0.3 is 11.9 Å². The summed E-state index contributed by atoms with van der Waals surface area (Å²) in [6, 6.07) is 5.46. The molecule has 1 aromatic rings. The summed E-state index contributed by atoms with van der Waals surface area (Å²) < 4.78 is 11.8. The predicted octanol–water partition coefficient (Wildman–Crippen LogP) is 18.7. The topological polar surface area (TPSA) is 52.6 Å². The smallest absolute Gasteiger partial charge is 0.311 e. The zero-order chi connectivity index (χ0) is 45.3. The van der Waals surface area contributed by atoms with Crippen molar-refractivity contribution in [2.24, 2.45) is 0 Å². The summed E-state index contributed by atoms with van der Waals surface area (Å²) in [4.78, 5) is 25.9. The average molecular weight is 855 g/mol. The molecule has 4 heteroatoms. The fraction of sp³-hybridized carbons (Fsp3) is 0.655. The molecule has 350 valence electrons. The second-order valence-electron chi connectivity index (χ2n) is 18.2. The van der Waals surface area contributed by atoms with Crippen LogP contribution in [0.15, 0.2) is 89.1 Å². The zero-order valence-corrected chi connectivity index (χ0v) is 41.4. The molecule has 0 saturated heterocycles. The molecule has 0 saturated carbocycles. The normalized spacial score (nSPS) is 12.5. The first-order valence-corrected chi connectivity index (χ1v) is 25.6. The first-order valence-electron chi connectivity index (χ1n) is 25.6. The van der Waals surface area contributed by atoms with Gasteiger partial charge in [-0.2, -0.15) is 0 Å². The highest BCUT2D eigenvalue weighted by Gasteiger charge is 2.13. The monoisotopic (exact) mass is 855 g/mol. The third-order valence-corrected chi connectivity index (χ3v) is 11.6. The molecule has 0 radical (unpaired) electrons. The van der Waals surface area contributed by atoms with Gasteiger partial charge in [-0.15, -0.1) is 0 Å². The Morgan fingerprint density at radius 3 is 1.31 bits per heavy atom. The summed E-state index contributed by atoms with van der Waals surface area (Å²) in [7, 11) is 0. The molecule has 0 N–H and O–H groups in total. The van der Waals surface area contributed by atoms with Crippen molar-refractivity contribution in [2.45, 2.75) is 248 Å². The summed E-state index contributed by atoms with van der Waals surface area (Å²) in [6.07, 6.45) is 52.7. The van der Waals surface area contributed by atoms with Gasteiger partial charge in [-0.25, -0.2) is 0 Å². The van der Waals surface area contributed by atoms with E-state index < -0.39 is 0 Å². The van der Waals surface area contributed by atoms with E-state index in [2.05, 4.69) is 97.1 Å². The molecule has 0 fully saturated rings. The number of benzene rings is 1. The molecule has 1 aromatic carbocycles. The summed E-state index contributed by atoms with van der Waals surface area (Å²) in [5, 5.41) is 0. The maximum absolute atomic E-state index is 13.0. The van der Waals surface area contributed by atoms with Crippen LogP contribution >= 0.6 is 0 Å². The van der Waals surface area contributed by atoms with Crippen LogP contribution in [0.2, 0.25) is 0 Å². The number of unbranched alkanes of at least 4 members (excludes halogenated alkanes) is 18. The molecule has 0 aromatic heterocycles. The number of ether oxygens (including phenoxy) is 2. The standard InChI is InChI=1S/C58H94O4/c1-8-10-12-14-16-18-20-22-24-26-28-30-32-43-57(59)61-55-47-48-56(62-58(60)44-33-31-29-27-25-23-21-19-17-15-13-11-9-2)54(49-55)46-45-53(7)42-36-41-52(6)40-35-39-51(5)38-34-37-50(3)4/h18-21,37,39,41,45,47-49H,8-17,22-36,38,40,42-44,46H2,1-7H3/b20-18-,21-19-,51-39+,52-41+,53-45+. The van der Waals surface area contributed by atoms with Gasteiger partial charge in [-0.05, 0) is 162 Å². The molecule has 0 heterocycles. The Morgan fingerprint density at radius 2 is 0.839 bits per heavy atom. The zero-order valence-electron chi connectivity index (χ0n) is 41.4. The molecular weight excluding hydrogens is 761 g/mol. The second kappa shape index (κ2) is 40.4. The quantitative estimate of drug-likeness (QED) is 0.0286. The van der Waals surface area contributed by atoms with Crippen LogP contribution in [0, 0.1) is 0 Å². The van der Waals surface area contributed by atoms with E-state index in [1.165, 1.54) is 112 Å². The van der Waals surface area contributed by atoms with E-state index in [0.717, 1.165) is 95.5 Å². The average Bonchev–Trinajstić information content (AvgIpc) is 3.24. The Kier molecular flexibility index (Phi) is 36.9. The number of allylic oxidation sites excluding steroid dienone is 12. The number of carbonyl (C=O) groups is 2. The number of hydrogen-bond acceptors (Lipinski definition) is 4. The lowest BCUT2D eigenvalue weighted by Gasteiger charge is -2.12. The Hall–Kier alpha value is -3.40. The van der Waals surface area contributed by atoms with Gasteiger partial charge in [-0.1, -0.05) is 162 Å². The van der Waals surface area contributed by atoms with Crippen molar-refractivity contribution in [2.75, 3.05) is 0 Å². The van der Waals surface area contributed by atoms with Crippen LogP contribution in [0.1, 0.15) is 247 Å². The van der Waals surface area contributed by atoms with E-state index in [1.54, 1.807) is 12.1 Å². The van der Waals surface area contributed by atoms with Gasteiger partial charge in [0, 0.05) is 18.4 Å². The van der Waals surface area contributed by atoms with Crippen molar-refractivity contribution in [3.8, 4) is 11.5 Å². The molecule has 0 atom stereocenters. The minimum atomic E-state index is -0.201. The van der Waals surface area contributed by atoms with Crippen LogP contribution in [-0.2, 0) is 16.0 Å². The van der Waals surface area contributed by atoms with E-state index in [9.17, 15) is 9.59 Å². The third kappa shape index (κ3) is 35.1. The SMILES string of the molecule is CCCCCC/C=C\CCCCCCCC(=O)Oc1ccc(OC(=O)CCCCCCC/C=C\CCCCCC)c(C/C=C(\C)CC/C=C(\C)CC/C=C(\C)CCC=C(C)C)c1.